The molecule has 6 N–H and O–H groups in total. The molecule has 13 rings (SSSR count). The maximum Gasteiger partial charge on any atom is 0.439 e. The lowest BCUT2D eigenvalue weighted by Crippen LogP contribution is -2.14. The Balaban J connectivity index is 0.000000180. The highest BCUT2D eigenvalue weighted by Crippen LogP contribution is 2.41. The lowest BCUT2D eigenvalue weighted by atomic mass is 10.1. The van der Waals surface area contributed by atoms with Gasteiger partial charge in [-0.3, -0.25) is 9.51 Å². The van der Waals surface area contributed by atoms with Gasteiger partial charge in [0.2, 0.25) is 0 Å². The quantitative estimate of drug-likeness (QED) is 0.0171. The van der Waals surface area contributed by atoms with Crippen LogP contribution < -0.4 is 50.4 Å². The second kappa shape index (κ2) is 39.8. The molecular weight excluding hydrogens is 1660 g/mol. The van der Waals surface area contributed by atoms with E-state index < -0.39 is 58.5 Å². The van der Waals surface area contributed by atoms with Gasteiger partial charge in [-0.25, -0.2) is 29.1 Å². The highest BCUT2D eigenvalue weighted by atomic mass is 32.1. The van der Waals surface area contributed by atoms with Crippen LogP contribution in [0.15, 0.2) is 184 Å². The first-order chi connectivity index (χ1) is 56.5. The number of aromatic nitrogens is 6. The van der Waals surface area contributed by atoms with Crippen molar-refractivity contribution in [2.24, 2.45) is 16.6 Å². The molecule has 0 saturated carbocycles. The Morgan fingerprint density at radius 2 is 0.756 bits per heavy atom. The minimum Gasteiger partial charge on any atom is -0.496 e. The van der Waals surface area contributed by atoms with Gasteiger partial charge < -0.3 is 49.8 Å². The number of aromatic amines is 1. The summed E-state index contributed by atoms with van der Waals surface area (Å²) in [6.07, 6.45) is -17.5. The molecule has 5 aromatic heterocycles. The van der Waals surface area contributed by atoms with Gasteiger partial charge in [-0.15, -0.1) is 45.3 Å². The molecule has 38 heteroatoms. The summed E-state index contributed by atoms with van der Waals surface area (Å²) in [5.41, 5.74) is 13.9. The van der Waals surface area contributed by atoms with E-state index in [4.69, 9.17) is 54.6 Å². The molecule has 0 aliphatic carbocycles. The van der Waals surface area contributed by atoms with Crippen molar-refractivity contribution < 1.29 is 100.0 Å². The van der Waals surface area contributed by atoms with Crippen LogP contribution in [0, 0.1) is 56.2 Å². The Labute approximate surface area is 685 Å². The molecule has 0 bridgehead atoms. The zero-order chi connectivity index (χ0) is 86.7. The molecule has 0 spiro atoms. The van der Waals surface area contributed by atoms with E-state index in [1.807, 2.05) is 26.8 Å². The third-order valence-electron chi connectivity index (χ3n) is 16.7. The molecule has 21 nitrogen and oxygen atoms in total. The van der Waals surface area contributed by atoms with Crippen molar-refractivity contribution in [3.05, 3.63) is 267 Å². The Morgan fingerprint density at radius 1 is 0.454 bits per heavy atom. The van der Waals surface area contributed by atoms with E-state index in [-0.39, 0.29) is 49.4 Å². The van der Waals surface area contributed by atoms with Crippen LogP contribution in [0.5, 0.6) is 40.2 Å². The number of H-pyrrole nitrogens is 1. The monoisotopic (exact) mass is 1730 g/mol. The molecule has 119 heavy (non-hydrogen) atoms. The van der Waals surface area contributed by atoms with Crippen LogP contribution >= 0.6 is 45.3 Å². The summed E-state index contributed by atoms with van der Waals surface area (Å²) < 4.78 is 209. The zero-order valence-electron chi connectivity index (χ0n) is 63.4. The number of nitrogens with one attached hydrogen (secondary N) is 1. The predicted octanol–water partition coefficient (Wildman–Crippen LogP) is 20.8. The number of nitrogens with two attached hydrogens (primary N) is 2. The number of thiazole rings is 4. The number of nitriles is 2. The lowest BCUT2D eigenvalue weighted by Gasteiger charge is -2.10. The summed E-state index contributed by atoms with van der Waals surface area (Å²) in [5.74, 6) is 1.88. The van der Waals surface area contributed by atoms with E-state index >= 15 is 0 Å². The van der Waals surface area contributed by atoms with Gasteiger partial charge in [-0.05, 0) is 132 Å². The molecule has 13 aromatic rings. The second-order valence-electron chi connectivity index (χ2n) is 24.4. The van der Waals surface area contributed by atoms with Gasteiger partial charge in [0.1, 0.15) is 105 Å². The molecule has 0 aliphatic heterocycles. The van der Waals surface area contributed by atoms with Crippen molar-refractivity contribution in [2.75, 3.05) is 28.4 Å². The summed E-state index contributed by atoms with van der Waals surface area (Å²) in [6, 6.07) is 42.0. The minimum atomic E-state index is -4.38. The molecule has 620 valence electrons. The second-order valence-corrected chi connectivity index (χ2v) is 28.8. The summed E-state index contributed by atoms with van der Waals surface area (Å²) in [7, 11) is 5.91. The van der Waals surface area contributed by atoms with Gasteiger partial charge in [0.15, 0.2) is 11.7 Å². The molecule has 0 radical (unpaired) electrons. The molecule has 8 aromatic carbocycles. The Morgan fingerprint density at radius 3 is 1.05 bits per heavy atom. The van der Waals surface area contributed by atoms with E-state index in [9.17, 15) is 61.9 Å². The van der Waals surface area contributed by atoms with E-state index in [1.165, 1.54) is 134 Å². The smallest absolute Gasteiger partial charge is 0.439 e. The molecule has 0 unspecified atom stereocenters. The Bertz CT molecular complexity index is 5790. The largest absolute Gasteiger partial charge is 0.496 e. The fourth-order valence-corrected chi connectivity index (χ4v) is 14.3. The van der Waals surface area contributed by atoms with Crippen molar-refractivity contribution in [3.63, 3.8) is 0 Å². The lowest BCUT2D eigenvalue weighted by molar-refractivity contribution is -0.138. The van der Waals surface area contributed by atoms with Gasteiger partial charge in [0.25, 0.3) is 0 Å². The standard InChI is InChI=1S/C21H16F3N3O4S.C20H18F3N3O3S.C20H15F3N2O2S.C19H12F4N2OS.CH5N/c1-11-17(32-19(25-11)12-3-5-13(6-4-12)21(22,23)24)10-30-14-7-8-15(16(9-14)29-2)18-26-20(28)31-27-18;1-11-17(10-29-14-7-8-15(18(24)26-27)16(9-14)28-2)30-19(25-11)12-3-5-13(6-4-12)20(21,22)23;1-12-18(11-27-16-8-5-14(10-24)17(9-16)26-2)28-19(25-12)13-3-6-15(7-4-13)20(21,22)23;1-11-17(10-26-15-7-4-13(9-24)16(20)8-15)27-18(25-11)12-2-5-14(6-3-12)19(21,22)23;1-2/h3-9H,10H2,1-2H3,(H,26,27,28);3-9,27H,10H2,1-2H3,(H2,24,26);3-9H,11H2,1-2H3;2-8H,10H2,1H3;2H2,1H3. The van der Waals surface area contributed by atoms with Crippen molar-refractivity contribution in [1.29, 1.82) is 10.5 Å². The summed E-state index contributed by atoms with van der Waals surface area (Å²) in [6.45, 7) is 8.03. The maximum absolute atomic E-state index is 13.6. The first-order valence-corrected chi connectivity index (χ1v) is 37.7. The molecule has 5 heterocycles. The normalized spacial score (nSPS) is 11.4. The van der Waals surface area contributed by atoms with Crippen LogP contribution in [0.1, 0.15) is 81.2 Å². The number of amidine groups is 1. The summed E-state index contributed by atoms with van der Waals surface area (Å²) in [4.78, 5) is 34.6. The first-order valence-electron chi connectivity index (χ1n) is 34.4. The molecule has 0 fully saturated rings. The highest BCUT2D eigenvalue weighted by Gasteiger charge is 2.34. The number of halogens is 13. The Kier molecular flexibility index (Phi) is 30.1. The van der Waals surface area contributed by atoms with Crippen LogP contribution in [-0.4, -0.2) is 69.5 Å². The van der Waals surface area contributed by atoms with E-state index in [1.54, 1.807) is 67.6 Å². The van der Waals surface area contributed by atoms with E-state index in [0.29, 0.717) is 99.2 Å². The topological polar surface area (TPSA) is 307 Å². The van der Waals surface area contributed by atoms with Gasteiger partial charge >= 0.3 is 30.5 Å². The number of hydrogen-bond donors (Lipinski definition) is 4. The number of rotatable bonds is 21. The van der Waals surface area contributed by atoms with Crippen LogP contribution in [0.3, 0.4) is 0 Å². The number of nitrogens with zero attached hydrogens (tertiary/aromatic N) is 8. The average Bonchev–Trinajstić information content (AvgIpc) is 1.70. The summed E-state index contributed by atoms with van der Waals surface area (Å²) in [5, 5.41) is 35.6. The highest BCUT2D eigenvalue weighted by molar-refractivity contribution is 7.16. The first kappa shape index (κ1) is 90.0. The number of oxime groups is 1. The van der Waals surface area contributed by atoms with Crippen LogP contribution in [0.4, 0.5) is 57.1 Å². The fraction of sp³-hybridized carbons (Fsp3) is 0.198. The van der Waals surface area contributed by atoms with Crippen LogP contribution in [0.25, 0.3) is 53.7 Å². The van der Waals surface area contributed by atoms with Crippen LogP contribution in [0.2, 0.25) is 0 Å². The maximum atomic E-state index is 13.6. The molecule has 0 aliphatic rings. The van der Waals surface area contributed by atoms with Crippen molar-refractivity contribution in [1.82, 2.24) is 30.1 Å². The predicted molar refractivity (Wildman–Crippen MR) is 420 cm³/mol. The van der Waals surface area contributed by atoms with Gasteiger partial charge in [0.05, 0.1) is 108 Å². The SMILES string of the molecule is CN.COc1cc(OCc2sc(-c3ccc(C(F)(F)F)cc3)nc2C)ccc1-c1noc(=O)[nH]1.COc1cc(OCc2sc(-c3ccc(C(F)(F)F)cc3)nc2C)ccc1C#N.COc1cc(OCc2sc(-c3ccc(C(F)(F)F)cc3)nc2C)ccc1C(N)=NO.Cc1nc(-c2ccc(C(F)(F)F)cc2)sc1COc1ccc(C#N)c(F)c1. The van der Waals surface area contributed by atoms with Crippen molar-refractivity contribution in [3.8, 4) is 106 Å². The Hall–Kier alpha value is -12.9. The van der Waals surface area contributed by atoms with E-state index in [0.717, 1.165) is 91.2 Å². The van der Waals surface area contributed by atoms with Crippen LogP contribution in [-0.2, 0) is 51.1 Å². The minimum absolute atomic E-state index is 0.0686. The zero-order valence-corrected chi connectivity index (χ0v) is 66.7. The third kappa shape index (κ3) is 23.9. The van der Waals surface area contributed by atoms with Gasteiger partial charge in [0, 0.05) is 46.5 Å². The van der Waals surface area contributed by atoms with Crippen molar-refractivity contribution >= 4 is 51.2 Å². The molecule has 0 saturated heterocycles. The number of hydrogen-bond acceptors (Lipinski definition) is 23. The molecule has 0 amide bonds. The number of methoxy groups -OCH3 is 3. The summed E-state index contributed by atoms with van der Waals surface area (Å²) >= 11 is 5.35. The fourth-order valence-electron chi connectivity index (χ4n) is 10.4. The number of aryl methyl sites for hydroxylation is 4. The molecule has 0 atom stereocenters. The number of alkyl halides is 12. The third-order valence-corrected chi connectivity index (χ3v) is 21.4. The van der Waals surface area contributed by atoms with Crippen molar-refractivity contribution in [2.45, 2.75) is 78.8 Å². The van der Waals surface area contributed by atoms with E-state index in [2.05, 4.69) is 45.5 Å². The number of benzene rings is 8. The van der Waals surface area contributed by atoms with Gasteiger partial charge in [-0.1, -0.05) is 58.8 Å². The average molecular weight is 1730 g/mol. The van der Waals surface area contributed by atoms with Gasteiger partial charge in [-0.2, -0.15) is 63.2 Å². The number of ether oxygens (including phenoxy) is 7. The molecular formula is C81H66F13N11O10S4.